The van der Waals surface area contributed by atoms with E-state index >= 15 is 0 Å². The zero-order chi connectivity index (χ0) is 14.0. The van der Waals surface area contributed by atoms with Crippen molar-refractivity contribution in [2.75, 3.05) is 0 Å². The lowest BCUT2D eigenvalue weighted by Gasteiger charge is -2.04. The van der Waals surface area contributed by atoms with Crippen LogP contribution in [-0.2, 0) is 7.05 Å². The van der Waals surface area contributed by atoms with Crippen LogP contribution in [0.2, 0.25) is 5.02 Å². The van der Waals surface area contributed by atoms with Crippen molar-refractivity contribution in [2.24, 2.45) is 7.05 Å². The molecule has 1 aromatic carbocycles. The average Bonchev–Trinajstić information content (AvgIpc) is 2.37. The quantitative estimate of drug-likeness (QED) is 0.941. The molecule has 0 aliphatic carbocycles. The molecule has 5 nitrogen and oxygen atoms in total. The summed E-state index contributed by atoms with van der Waals surface area (Å²) in [6, 6.07) is 4.55. The molecule has 0 radical (unpaired) electrons. The fraction of sp³-hybridized carbons (Fsp3) is 0.0833. The fourth-order valence-electron chi connectivity index (χ4n) is 1.39. The van der Waals surface area contributed by atoms with Crippen LogP contribution in [0.3, 0.4) is 0 Å². The van der Waals surface area contributed by atoms with Gasteiger partial charge >= 0.3 is 5.97 Å². The van der Waals surface area contributed by atoms with Crippen molar-refractivity contribution in [2.45, 2.75) is 9.92 Å². The van der Waals surface area contributed by atoms with Gasteiger partial charge in [0.25, 0.3) is 5.56 Å². The molecular formula is C12H9ClN2O3S. The van der Waals surface area contributed by atoms with Crippen molar-refractivity contribution in [3.63, 3.8) is 0 Å². The maximum absolute atomic E-state index is 11.8. The maximum Gasteiger partial charge on any atom is 0.337 e. The summed E-state index contributed by atoms with van der Waals surface area (Å²) in [6.07, 6.45) is 3.06. The van der Waals surface area contributed by atoms with Gasteiger partial charge in [-0.2, -0.15) is 0 Å². The summed E-state index contributed by atoms with van der Waals surface area (Å²) in [4.78, 5) is 27.3. The van der Waals surface area contributed by atoms with Crippen LogP contribution >= 0.6 is 23.4 Å². The van der Waals surface area contributed by atoms with Gasteiger partial charge in [0.1, 0.15) is 0 Å². The highest BCUT2D eigenvalue weighted by Crippen LogP contribution is 2.27. The van der Waals surface area contributed by atoms with Gasteiger partial charge in [-0.15, -0.1) is 0 Å². The molecule has 0 aliphatic rings. The zero-order valence-electron chi connectivity index (χ0n) is 9.83. The number of nitrogens with zero attached hydrogens (tertiary/aromatic N) is 2. The van der Waals surface area contributed by atoms with E-state index < -0.39 is 5.97 Å². The minimum atomic E-state index is -1.11. The summed E-state index contributed by atoms with van der Waals surface area (Å²) in [6.45, 7) is 0. The third-order valence-corrected chi connectivity index (χ3v) is 3.66. The summed E-state index contributed by atoms with van der Waals surface area (Å²) in [5.74, 6) is -1.11. The van der Waals surface area contributed by atoms with E-state index in [-0.39, 0.29) is 21.2 Å². The minimum Gasteiger partial charge on any atom is -0.478 e. The third kappa shape index (κ3) is 2.97. The van der Waals surface area contributed by atoms with Crippen molar-refractivity contribution in [1.29, 1.82) is 0 Å². The Hall–Kier alpha value is -1.79. The highest BCUT2D eigenvalue weighted by atomic mass is 35.5. The van der Waals surface area contributed by atoms with Gasteiger partial charge in [0.15, 0.2) is 5.03 Å². The smallest absolute Gasteiger partial charge is 0.337 e. The van der Waals surface area contributed by atoms with Crippen LogP contribution < -0.4 is 5.56 Å². The van der Waals surface area contributed by atoms with E-state index in [9.17, 15) is 9.59 Å². The number of carbonyl (C=O) groups is 1. The molecule has 0 amide bonds. The number of aryl methyl sites for hydroxylation is 1. The van der Waals surface area contributed by atoms with Crippen LogP contribution in [0.5, 0.6) is 0 Å². The van der Waals surface area contributed by atoms with Crippen LogP contribution in [0.4, 0.5) is 0 Å². The van der Waals surface area contributed by atoms with Gasteiger partial charge in [-0.05, 0) is 18.2 Å². The number of halogens is 1. The highest BCUT2D eigenvalue weighted by molar-refractivity contribution is 7.99. The van der Waals surface area contributed by atoms with Crippen molar-refractivity contribution < 1.29 is 9.90 Å². The molecule has 1 N–H and O–H groups in total. The molecule has 0 unspecified atom stereocenters. The molecule has 0 atom stereocenters. The first-order valence-corrected chi connectivity index (χ1v) is 6.41. The second kappa shape index (κ2) is 5.46. The predicted molar refractivity (Wildman–Crippen MR) is 72.0 cm³/mol. The number of benzene rings is 1. The minimum absolute atomic E-state index is 0.000535. The highest BCUT2D eigenvalue weighted by Gasteiger charge is 2.11. The van der Waals surface area contributed by atoms with Gasteiger partial charge < -0.3 is 9.67 Å². The Kier molecular flexibility index (Phi) is 3.92. The Labute approximate surface area is 117 Å². The lowest BCUT2D eigenvalue weighted by atomic mass is 10.2. The largest absolute Gasteiger partial charge is 0.478 e. The van der Waals surface area contributed by atoms with E-state index in [2.05, 4.69) is 4.98 Å². The molecular weight excluding hydrogens is 288 g/mol. The van der Waals surface area contributed by atoms with Gasteiger partial charge in [-0.1, -0.05) is 23.4 Å². The van der Waals surface area contributed by atoms with E-state index in [0.717, 1.165) is 11.8 Å². The Morgan fingerprint density at radius 2 is 2.21 bits per heavy atom. The third-order valence-electron chi connectivity index (χ3n) is 2.37. The Balaban J connectivity index is 2.39. The van der Waals surface area contributed by atoms with Gasteiger partial charge in [-0.25, -0.2) is 9.78 Å². The molecule has 2 rings (SSSR count). The van der Waals surface area contributed by atoms with Crippen molar-refractivity contribution in [1.82, 2.24) is 9.55 Å². The van der Waals surface area contributed by atoms with E-state index in [1.165, 1.54) is 22.9 Å². The van der Waals surface area contributed by atoms with Gasteiger partial charge in [0, 0.05) is 24.3 Å². The van der Waals surface area contributed by atoms with E-state index in [0.29, 0.717) is 4.90 Å². The number of aromatic nitrogens is 2. The summed E-state index contributed by atoms with van der Waals surface area (Å²) >= 11 is 6.88. The lowest BCUT2D eigenvalue weighted by Crippen LogP contribution is -2.18. The lowest BCUT2D eigenvalue weighted by molar-refractivity contribution is 0.0697. The molecule has 19 heavy (non-hydrogen) atoms. The first-order valence-electron chi connectivity index (χ1n) is 5.21. The average molecular weight is 297 g/mol. The molecule has 0 saturated heterocycles. The molecule has 0 saturated carbocycles. The number of carboxylic acids is 1. The summed E-state index contributed by atoms with van der Waals surface area (Å²) in [5.41, 5.74) is -0.237. The Morgan fingerprint density at radius 1 is 1.47 bits per heavy atom. The molecule has 1 aromatic heterocycles. The van der Waals surface area contributed by atoms with Crippen LogP contribution in [0, 0.1) is 0 Å². The van der Waals surface area contributed by atoms with Crippen molar-refractivity contribution >= 4 is 29.3 Å². The van der Waals surface area contributed by atoms with Crippen molar-refractivity contribution in [3.05, 3.63) is 51.5 Å². The first kappa shape index (κ1) is 13.6. The summed E-state index contributed by atoms with van der Waals surface area (Å²) < 4.78 is 1.41. The summed E-state index contributed by atoms with van der Waals surface area (Å²) in [5, 5.41) is 9.42. The molecule has 7 heteroatoms. The van der Waals surface area contributed by atoms with E-state index in [1.54, 1.807) is 19.3 Å². The normalized spacial score (nSPS) is 10.4. The number of rotatable bonds is 3. The monoisotopic (exact) mass is 296 g/mol. The van der Waals surface area contributed by atoms with E-state index in [4.69, 9.17) is 16.7 Å². The SMILES string of the molecule is Cn1ccnc(Sc2ccc(Cl)c(C(=O)O)c2)c1=O. The van der Waals surface area contributed by atoms with Gasteiger partial charge in [-0.3, -0.25) is 4.79 Å². The van der Waals surface area contributed by atoms with Crippen LogP contribution in [-0.4, -0.2) is 20.6 Å². The zero-order valence-corrected chi connectivity index (χ0v) is 11.4. The van der Waals surface area contributed by atoms with Crippen LogP contribution in [0.1, 0.15) is 10.4 Å². The van der Waals surface area contributed by atoms with Crippen LogP contribution in [0.25, 0.3) is 0 Å². The molecule has 98 valence electrons. The van der Waals surface area contributed by atoms with E-state index in [1.807, 2.05) is 0 Å². The van der Waals surface area contributed by atoms with Crippen LogP contribution in [0.15, 0.2) is 45.3 Å². The van der Waals surface area contributed by atoms with Gasteiger partial charge in [0.05, 0.1) is 10.6 Å². The molecule has 2 aromatic rings. The Morgan fingerprint density at radius 3 is 2.89 bits per heavy atom. The maximum atomic E-state index is 11.8. The molecule has 0 fully saturated rings. The first-order chi connectivity index (χ1) is 8.99. The second-order valence-corrected chi connectivity index (χ2v) is 5.17. The molecule has 0 bridgehead atoms. The summed E-state index contributed by atoms with van der Waals surface area (Å²) in [7, 11) is 1.62. The predicted octanol–water partition coefficient (Wildman–Crippen LogP) is 2.28. The Bertz CT molecular complexity index is 700. The number of aromatic carboxylic acids is 1. The van der Waals surface area contributed by atoms with Gasteiger partial charge in [0.2, 0.25) is 0 Å². The molecule has 0 aliphatic heterocycles. The van der Waals surface area contributed by atoms with Crippen molar-refractivity contribution in [3.8, 4) is 0 Å². The number of hydrogen-bond donors (Lipinski definition) is 1. The number of carboxylic acid groups (broad SMARTS) is 1. The standard InChI is InChI=1S/C12H9ClN2O3S/c1-15-5-4-14-10(11(15)16)19-7-2-3-9(13)8(6-7)12(17)18/h2-6H,1H3,(H,17,18). The molecule has 0 spiro atoms. The fourth-order valence-corrected chi connectivity index (χ4v) is 2.47. The second-order valence-electron chi connectivity index (χ2n) is 3.70. The number of hydrogen-bond acceptors (Lipinski definition) is 4. The topological polar surface area (TPSA) is 72.2 Å². The molecule has 1 heterocycles.